The number of aromatic nitrogens is 2. The normalized spacial score (nSPS) is 11.2. The lowest BCUT2D eigenvalue weighted by Gasteiger charge is -2.20. The summed E-state index contributed by atoms with van der Waals surface area (Å²) in [6.45, 7) is 7.78. The summed E-state index contributed by atoms with van der Waals surface area (Å²) in [6.07, 6.45) is 3.94. The van der Waals surface area contributed by atoms with Crippen molar-refractivity contribution in [1.29, 1.82) is 0 Å². The Morgan fingerprint density at radius 1 is 1.40 bits per heavy atom. The van der Waals surface area contributed by atoms with Crippen molar-refractivity contribution in [1.82, 2.24) is 15.3 Å². The molecule has 0 saturated heterocycles. The predicted molar refractivity (Wildman–Crippen MR) is 58.6 cm³/mol. The van der Waals surface area contributed by atoms with Gasteiger partial charge in [0.25, 0.3) is 5.91 Å². The predicted octanol–water partition coefficient (Wildman–Crippen LogP) is 1.57. The third-order valence-corrected chi connectivity index (χ3v) is 1.77. The van der Waals surface area contributed by atoms with E-state index in [9.17, 15) is 4.79 Å². The zero-order valence-corrected chi connectivity index (χ0v) is 9.66. The molecule has 0 aromatic carbocycles. The van der Waals surface area contributed by atoms with Gasteiger partial charge < -0.3 is 5.32 Å². The molecular formula is C11H17N3O. The van der Waals surface area contributed by atoms with E-state index in [1.54, 1.807) is 6.20 Å². The van der Waals surface area contributed by atoms with Gasteiger partial charge >= 0.3 is 0 Å². The van der Waals surface area contributed by atoms with Crippen molar-refractivity contribution in [2.24, 2.45) is 0 Å². The lowest BCUT2D eigenvalue weighted by molar-refractivity contribution is 0.0913. The first-order chi connectivity index (χ1) is 6.92. The van der Waals surface area contributed by atoms with Crippen LogP contribution in [0.5, 0.6) is 0 Å². The van der Waals surface area contributed by atoms with E-state index in [0.717, 1.165) is 12.1 Å². The summed E-state index contributed by atoms with van der Waals surface area (Å²) in [5.41, 5.74) is 0.960. The first kappa shape index (κ1) is 11.6. The van der Waals surface area contributed by atoms with Crippen molar-refractivity contribution in [2.45, 2.75) is 39.7 Å². The highest BCUT2D eigenvalue weighted by Crippen LogP contribution is 2.02. The van der Waals surface area contributed by atoms with Gasteiger partial charge in [-0.3, -0.25) is 9.78 Å². The highest BCUT2D eigenvalue weighted by molar-refractivity contribution is 5.92. The average Bonchev–Trinajstić information content (AvgIpc) is 2.15. The molecule has 1 heterocycles. The summed E-state index contributed by atoms with van der Waals surface area (Å²) in [4.78, 5) is 19.9. The molecule has 1 aromatic rings. The van der Waals surface area contributed by atoms with Gasteiger partial charge in [0, 0.05) is 11.7 Å². The number of nitrogens with one attached hydrogen (secondary N) is 1. The second-order valence-electron chi connectivity index (χ2n) is 4.45. The standard InChI is InChI=1S/C11H17N3O/c1-5-8-6-12-7-9(13-8)10(15)14-11(2,3)4/h6-7H,5H2,1-4H3,(H,14,15). The molecule has 0 aliphatic rings. The molecule has 0 aliphatic carbocycles. The van der Waals surface area contributed by atoms with Crippen molar-refractivity contribution >= 4 is 5.91 Å². The van der Waals surface area contributed by atoms with Crippen LogP contribution in [0.25, 0.3) is 0 Å². The van der Waals surface area contributed by atoms with Gasteiger partial charge in [-0.2, -0.15) is 0 Å². The molecule has 1 aromatic heterocycles. The molecule has 0 radical (unpaired) electrons. The minimum atomic E-state index is -0.249. The number of rotatable bonds is 2. The Kier molecular flexibility index (Phi) is 3.39. The van der Waals surface area contributed by atoms with Crippen LogP contribution in [0.3, 0.4) is 0 Å². The van der Waals surface area contributed by atoms with Crippen molar-refractivity contribution in [3.05, 3.63) is 23.8 Å². The highest BCUT2D eigenvalue weighted by atomic mass is 16.2. The zero-order valence-electron chi connectivity index (χ0n) is 9.66. The highest BCUT2D eigenvalue weighted by Gasteiger charge is 2.16. The molecule has 4 heteroatoms. The molecule has 1 rings (SSSR count). The van der Waals surface area contributed by atoms with Crippen molar-refractivity contribution in [2.75, 3.05) is 0 Å². The summed E-state index contributed by atoms with van der Waals surface area (Å²) in [7, 11) is 0. The quantitative estimate of drug-likeness (QED) is 0.800. The SMILES string of the molecule is CCc1cncc(C(=O)NC(C)(C)C)n1. The van der Waals surface area contributed by atoms with E-state index < -0.39 is 0 Å². The Hall–Kier alpha value is -1.45. The summed E-state index contributed by atoms with van der Waals surface area (Å²) < 4.78 is 0. The van der Waals surface area contributed by atoms with Crippen molar-refractivity contribution in [3.8, 4) is 0 Å². The molecule has 1 N–H and O–H groups in total. The summed E-state index contributed by atoms with van der Waals surface area (Å²) in [5.74, 6) is -0.176. The minimum Gasteiger partial charge on any atom is -0.346 e. The fourth-order valence-electron chi connectivity index (χ4n) is 1.09. The molecule has 0 unspecified atom stereocenters. The summed E-state index contributed by atoms with van der Waals surface area (Å²) >= 11 is 0. The topological polar surface area (TPSA) is 54.9 Å². The van der Waals surface area contributed by atoms with Gasteiger partial charge in [0.1, 0.15) is 5.69 Å². The van der Waals surface area contributed by atoms with E-state index in [1.165, 1.54) is 6.20 Å². The molecule has 0 bridgehead atoms. The van der Waals surface area contributed by atoms with Crippen LogP contribution < -0.4 is 5.32 Å². The van der Waals surface area contributed by atoms with Gasteiger partial charge in [-0.05, 0) is 27.2 Å². The molecule has 4 nitrogen and oxygen atoms in total. The maximum atomic E-state index is 11.7. The second-order valence-corrected chi connectivity index (χ2v) is 4.45. The van der Waals surface area contributed by atoms with Gasteiger partial charge in [0.2, 0.25) is 0 Å². The zero-order chi connectivity index (χ0) is 11.5. The summed E-state index contributed by atoms with van der Waals surface area (Å²) in [6, 6.07) is 0. The van der Waals surface area contributed by atoms with Crippen LogP contribution in [0.4, 0.5) is 0 Å². The van der Waals surface area contributed by atoms with Gasteiger partial charge in [0.05, 0.1) is 11.9 Å². The molecule has 15 heavy (non-hydrogen) atoms. The van der Waals surface area contributed by atoms with Crippen molar-refractivity contribution in [3.63, 3.8) is 0 Å². The molecular weight excluding hydrogens is 190 g/mol. The maximum absolute atomic E-state index is 11.7. The Morgan fingerprint density at radius 2 is 2.07 bits per heavy atom. The third kappa shape index (κ3) is 3.65. The summed E-state index contributed by atoms with van der Waals surface area (Å²) in [5, 5.41) is 2.85. The fourth-order valence-corrected chi connectivity index (χ4v) is 1.09. The van der Waals surface area contributed by atoms with Crippen LogP contribution in [-0.2, 0) is 6.42 Å². The lowest BCUT2D eigenvalue weighted by Crippen LogP contribution is -2.41. The van der Waals surface area contributed by atoms with E-state index in [1.807, 2.05) is 27.7 Å². The monoisotopic (exact) mass is 207 g/mol. The largest absolute Gasteiger partial charge is 0.346 e. The van der Waals surface area contributed by atoms with Gasteiger partial charge in [-0.15, -0.1) is 0 Å². The first-order valence-corrected chi connectivity index (χ1v) is 5.06. The van der Waals surface area contributed by atoms with Crippen molar-refractivity contribution < 1.29 is 4.79 Å². The Morgan fingerprint density at radius 3 is 2.60 bits per heavy atom. The lowest BCUT2D eigenvalue weighted by atomic mass is 10.1. The van der Waals surface area contributed by atoms with E-state index in [-0.39, 0.29) is 11.4 Å². The Balaban J connectivity index is 2.82. The van der Waals surface area contributed by atoms with E-state index in [0.29, 0.717) is 5.69 Å². The van der Waals surface area contributed by atoms with Crippen LogP contribution in [0.2, 0.25) is 0 Å². The van der Waals surface area contributed by atoms with Crippen LogP contribution in [0, 0.1) is 0 Å². The van der Waals surface area contributed by atoms with Crippen LogP contribution in [-0.4, -0.2) is 21.4 Å². The molecule has 0 fully saturated rings. The maximum Gasteiger partial charge on any atom is 0.271 e. The van der Waals surface area contributed by atoms with E-state index >= 15 is 0 Å². The molecule has 0 spiro atoms. The van der Waals surface area contributed by atoms with E-state index in [2.05, 4.69) is 15.3 Å². The number of hydrogen-bond acceptors (Lipinski definition) is 3. The molecule has 0 aliphatic heterocycles. The van der Waals surface area contributed by atoms with Gasteiger partial charge in [0.15, 0.2) is 0 Å². The number of carbonyl (C=O) groups excluding carboxylic acids is 1. The minimum absolute atomic E-state index is 0.176. The fraction of sp³-hybridized carbons (Fsp3) is 0.545. The van der Waals surface area contributed by atoms with Gasteiger partial charge in [-0.25, -0.2) is 4.98 Å². The molecule has 82 valence electrons. The molecule has 0 atom stereocenters. The van der Waals surface area contributed by atoms with Crippen LogP contribution >= 0.6 is 0 Å². The first-order valence-electron chi connectivity index (χ1n) is 5.06. The van der Waals surface area contributed by atoms with Gasteiger partial charge in [-0.1, -0.05) is 6.92 Å². The molecule has 0 saturated carbocycles. The molecule has 1 amide bonds. The third-order valence-electron chi connectivity index (χ3n) is 1.77. The van der Waals surface area contributed by atoms with Crippen LogP contribution in [0.15, 0.2) is 12.4 Å². The number of amides is 1. The van der Waals surface area contributed by atoms with Crippen LogP contribution in [0.1, 0.15) is 43.9 Å². The average molecular weight is 207 g/mol. The Bertz CT molecular complexity index is 355. The number of nitrogens with zero attached hydrogens (tertiary/aromatic N) is 2. The Labute approximate surface area is 90.1 Å². The number of carbonyl (C=O) groups is 1. The smallest absolute Gasteiger partial charge is 0.271 e. The second kappa shape index (κ2) is 4.38. The number of aryl methyl sites for hydroxylation is 1. The van der Waals surface area contributed by atoms with E-state index in [4.69, 9.17) is 0 Å². The number of hydrogen-bond donors (Lipinski definition) is 1.